The van der Waals surface area contributed by atoms with Crippen molar-refractivity contribution in [2.75, 3.05) is 19.6 Å². The van der Waals surface area contributed by atoms with E-state index in [1.165, 1.54) is 0 Å². The fraction of sp³-hybridized carbons (Fsp3) is 0.552. The standard InChI is InChI=1S/C29H44N4O3S/c1-6-13-33(14-7-2)29(36)23-11-8-10-22(17-23)28(35)32-26(18-24-12-9-15-37-24)25(30)16-21(5)27(34)31-19-20(3)4/h8-12,15,17,20-21,25-26H,6-7,13-14,16,18-19,30H2,1-5H3,(H,31,34)(H,32,35)/t21-,25+,26+/m1/s1. The molecule has 0 saturated carbocycles. The van der Waals surface area contributed by atoms with Gasteiger partial charge >= 0.3 is 0 Å². The lowest BCUT2D eigenvalue weighted by atomic mass is 9.93. The lowest BCUT2D eigenvalue weighted by Gasteiger charge is -2.27. The molecule has 2 rings (SSSR count). The topological polar surface area (TPSA) is 105 Å². The Kier molecular flexibility index (Phi) is 12.8. The van der Waals surface area contributed by atoms with Gasteiger partial charge in [-0.15, -0.1) is 11.3 Å². The number of carbonyl (C=O) groups is 3. The largest absolute Gasteiger partial charge is 0.356 e. The van der Waals surface area contributed by atoms with Crippen molar-refractivity contribution in [3.63, 3.8) is 0 Å². The van der Waals surface area contributed by atoms with Crippen molar-refractivity contribution < 1.29 is 14.4 Å². The van der Waals surface area contributed by atoms with Gasteiger partial charge < -0.3 is 21.3 Å². The molecule has 7 nitrogen and oxygen atoms in total. The van der Waals surface area contributed by atoms with Crippen LogP contribution in [-0.4, -0.2) is 54.3 Å². The monoisotopic (exact) mass is 528 g/mol. The molecule has 0 spiro atoms. The van der Waals surface area contributed by atoms with Crippen LogP contribution in [0.25, 0.3) is 0 Å². The lowest BCUT2D eigenvalue weighted by molar-refractivity contribution is -0.125. The van der Waals surface area contributed by atoms with Gasteiger partial charge in [0.2, 0.25) is 5.91 Å². The Morgan fingerprint density at radius 2 is 1.68 bits per heavy atom. The molecule has 0 fully saturated rings. The van der Waals surface area contributed by atoms with E-state index in [4.69, 9.17) is 5.73 Å². The molecular formula is C29H44N4O3S. The van der Waals surface area contributed by atoms with Gasteiger partial charge in [-0.1, -0.05) is 46.8 Å². The Balaban J connectivity index is 2.16. The zero-order valence-corrected chi connectivity index (χ0v) is 23.8. The maximum atomic E-state index is 13.3. The second kappa shape index (κ2) is 15.5. The average molecular weight is 529 g/mol. The van der Waals surface area contributed by atoms with Gasteiger partial charge in [-0.05, 0) is 54.8 Å². The Morgan fingerprint density at radius 3 is 2.27 bits per heavy atom. The summed E-state index contributed by atoms with van der Waals surface area (Å²) >= 11 is 1.61. The molecule has 37 heavy (non-hydrogen) atoms. The first-order valence-electron chi connectivity index (χ1n) is 13.4. The SMILES string of the molecule is CCCN(CCC)C(=O)c1cccc(C(=O)N[C@@H](Cc2cccs2)[C@@H](N)C[C@@H](C)C(=O)NCC(C)C)c1. The fourth-order valence-electron chi connectivity index (χ4n) is 4.20. The van der Waals surface area contributed by atoms with Crippen molar-refractivity contribution in [2.45, 2.75) is 72.4 Å². The maximum Gasteiger partial charge on any atom is 0.253 e. The molecule has 2 aromatic rings. The molecule has 0 bridgehead atoms. The number of hydrogen-bond donors (Lipinski definition) is 3. The number of benzene rings is 1. The summed E-state index contributed by atoms with van der Waals surface area (Å²) in [7, 11) is 0. The van der Waals surface area contributed by atoms with Crippen molar-refractivity contribution in [3.8, 4) is 0 Å². The van der Waals surface area contributed by atoms with Crippen molar-refractivity contribution in [1.82, 2.24) is 15.5 Å². The summed E-state index contributed by atoms with van der Waals surface area (Å²) in [5.41, 5.74) is 7.51. The Hall–Kier alpha value is -2.71. The highest BCUT2D eigenvalue weighted by Gasteiger charge is 2.26. The van der Waals surface area contributed by atoms with E-state index in [2.05, 4.69) is 24.5 Å². The molecule has 0 radical (unpaired) electrons. The van der Waals surface area contributed by atoms with Crippen LogP contribution in [-0.2, 0) is 11.2 Å². The van der Waals surface area contributed by atoms with Gasteiger partial charge in [0.1, 0.15) is 0 Å². The van der Waals surface area contributed by atoms with Crippen LogP contribution in [0.4, 0.5) is 0 Å². The number of rotatable bonds is 15. The minimum Gasteiger partial charge on any atom is -0.356 e. The lowest BCUT2D eigenvalue weighted by Crippen LogP contribution is -2.50. The molecule has 204 valence electrons. The highest BCUT2D eigenvalue weighted by atomic mass is 32.1. The van der Waals surface area contributed by atoms with Gasteiger partial charge in [0.15, 0.2) is 0 Å². The molecule has 0 saturated heterocycles. The van der Waals surface area contributed by atoms with Crippen molar-refractivity contribution in [3.05, 3.63) is 57.8 Å². The van der Waals surface area contributed by atoms with Gasteiger partial charge in [0.25, 0.3) is 11.8 Å². The first-order chi connectivity index (χ1) is 17.7. The predicted molar refractivity (Wildman–Crippen MR) is 152 cm³/mol. The number of hydrogen-bond acceptors (Lipinski definition) is 5. The summed E-state index contributed by atoms with van der Waals surface area (Å²) in [6, 6.07) is 10.1. The van der Waals surface area contributed by atoms with E-state index in [9.17, 15) is 14.4 Å². The van der Waals surface area contributed by atoms with Crippen LogP contribution in [0.5, 0.6) is 0 Å². The third kappa shape index (κ3) is 9.93. The van der Waals surface area contributed by atoms with E-state index >= 15 is 0 Å². The van der Waals surface area contributed by atoms with Crippen molar-refractivity contribution in [1.29, 1.82) is 0 Å². The molecule has 3 atom stereocenters. The van der Waals surface area contributed by atoms with E-state index in [1.54, 1.807) is 35.6 Å². The molecular weight excluding hydrogens is 484 g/mol. The van der Waals surface area contributed by atoms with E-state index < -0.39 is 6.04 Å². The molecule has 1 aromatic carbocycles. The van der Waals surface area contributed by atoms with Crippen LogP contribution >= 0.6 is 11.3 Å². The van der Waals surface area contributed by atoms with Crippen LogP contribution in [0.2, 0.25) is 0 Å². The zero-order chi connectivity index (χ0) is 27.4. The van der Waals surface area contributed by atoms with Crippen molar-refractivity contribution >= 4 is 29.1 Å². The molecule has 8 heteroatoms. The average Bonchev–Trinajstić information content (AvgIpc) is 3.39. The predicted octanol–water partition coefficient (Wildman–Crippen LogP) is 4.48. The van der Waals surface area contributed by atoms with Gasteiger partial charge in [0.05, 0.1) is 0 Å². The number of nitrogens with zero attached hydrogens (tertiary/aromatic N) is 1. The molecule has 0 unspecified atom stereocenters. The summed E-state index contributed by atoms with van der Waals surface area (Å²) < 4.78 is 0. The second-order valence-electron chi connectivity index (χ2n) is 10.2. The molecule has 0 aliphatic rings. The van der Waals surface area contributed by atoms with Crippen LogP contribution in [0, 0.1) is 11.8 Å². The van der Waals surface area contributed by atoms with E-state index in [1.807, 2.05) is 43.2 Å². The second-order valence-corrected chi connectivity index (χ2v) is 11.2. The van der Waals surface area contributed by atoms with Gasteiger partial charge in [0, 0.05) is 60.1 Å². The highest BCUT2D eigenvalue weighted by molar-refractivity contribution is 7.09. The summed E-state index contributed by atoms with van der Waals surface area (Å²) in [6.07, 6.45) is 2.77. The smallest absolute Gasteiger partial charge is 0.253 e. The Morgan fingerprint density at radius 1 is 1.00 bits per heavy atom. The fourth-order valence-corrected chi connectivity index (χ4v) is 4.96. The third-order valence-electron chi connectivity index (χ3n) is 6.24. The van der Waals surface area contributed by atoms with Gasteiger partial charge in [-0.3, -0.25) is 14.4 Å². The minimum atomic E-state index is -0.416. The molecule has 1 heterocycles. The summed E-state index contributed by atoms with van der Waals surface area (Å²) in [6.45, 7) is 12.1. The quantitative estimate of drug-likeness (QED) is 0.317. The van der Waals surface area contributed by atoms with E-state index in [0.717, 1.165) is 17.7 Å². The first kappa shape index (κ1) is 30.5. The number of nitrogens with two attached hydrogens (primary N) is 1. The van der Waals surface area contributed by atoms with Crippen molar-refractivity contribution in [2.24, 2.45) is 17.6 Å². The summed E-state index contributed by atoms with van der Waals surface area (Å²) in [5.74, 6) is -0.275. The first-order valence-corrected chi connectivity index (χ1v) is 14.3. The molecule has 3 amide bonds. The summed E-state index contributed by atoms with van der Waals surface area (Å²) in [4.78, 5) is 41.8. The molecule has 0 aliphatic heterocycles. The number of carbonyl (C=O) groups excluding carboxylic acids is 3. The Bertz CT molecular complexity index is 987. The van der Waals surface area contributed by atoms with Crippen LogP contribution in [0.3, 0.4) is 0 Å². The van der Waals surface area contributed by atoms with Crippen LogP contribution in [0.1, 0.15) is 79.5 Å². The molecule has 4 N–H and O–H groups in total. The molecule has 1 aromatic heterocycles. The number of nitrogens with one attached hydrogen (secondary N) is 2. The highest BCUT2D eigenvalue weighted by Crippen LogP contribution is 2.17. The van der Waals surface area contributed by atoms with Crippen LogP contribution < -0.4 is 16.4 Å². The van der Waals surface area contributed by atoms with Crippen LogP contribution in [0.15, 0.2) is 41.8 Å². The number of amides is 3. The maximum absolute atomic E-state index is 13.3. The zero-order valence-electron chi connectivity index (χ0n) is 23.0. The van der Waals surface area contributed by atoms with Gasteiger partial charge in [-0.2, -0.15) is 0 Å². The summed E-state index contributed by atoms with van der Waals surface area (Å²) in [5, 5.41) is 8.06. The normalized spacial score (nSPS) is 13.6. The van der Waals surface area contributed by atoms with Gasteiger partial charge in [-0.25, -0.2) is 0 Å². The van der Waals surface area contributed by atoms with E-state index in [0.29, 0.717) is 49.5 Å². The molecule has 0 aliphatic carbocycles. The Labute approximate surface area is 226 Å². The van der Waals surface area contributed by atoms with E-state index in [-0.39, 0.29) is 29.7 Å². The minimum absolute atomic E-state index is 0.0275. The number of thiophene rings is 1. The third-order valence-corrected chi connectivity index (χ3v) is 7.14.